The average molecular weight is 322 g/mol. The topological polar surface area (TPSA) is 75.3 Å². The summed E-state index contributed by atoms with van der Waals surface area (Å²) in [5.41, 5.74) is 0.828. The molecule has 1 saturated heterocycles. The molecule has 1 aliphatic carbocycles. The third kappa shape index (κ3) is 2.17. The van der Waals surface area contributed by atoms with E-state index < -0.39 is 0 Å². The summed E-state index contributed by atoms with van der Waals surface area (Å²) in [6.45, 7) is 1.85. The van der Waals surface area contributed by atoms with Gasteiger partial charge in [0.2, 0.25) is 0 Å². The van der Waals surface area contributed by atoms with Crippen LogP contribution in [0.4, 0.5) is 11.6 Å². The maximum Gasteiger partial charge on any atom is 0.178 e. The molecule has 24 heavy (non-hydrogen) atoms. The summed E-state index contributed by atoms with van der Waals surface area (Å²) in [6.07, 6.45) is 7.61. The van der Waals surface area contributed by atoms with Gasteiger partial charge in [-0.25, -0.2) is 4.98 Å². The number of aromatic nitrogens is 6. The second kappa shape index (κ2) is 5.12. The fraction of sp³-hybridized carbons (Fsp3) is 0.438. The lowest BCUT2D eigenvalue weighted by molar-refractivity contribution is 0.486. The normalized spacial score (nSPS) is 18.0. The summed E-state index contributed by atoms with van der Waals surface area (Å²) in [7, 11) is 2.06. The van der Waals surface area contributed by atoms with Gasteiger partial charge in [-0.2, -0.15) is 4.52 Å². The van der Waals surface area contributed by atoms with Crippen LogP contribution in [0.5, 0.6) is 0 Å². The smallest absolute Gasteiger partial charge is 0.178 e. The number of hydrogen-bond donors (Lipinski definition) is 0. The second-order valence-electron chi connectivity index (χ2n) is 6.53. The lowest BCUT2D eigenvalue weighted by Crippen LogP contribution is -2.59. The van der Waals surface area contributed by atoms with Gasteiger partial charge in [-0.15, -0.1) is 15.3 Å². The number of hydrogen-bond acceptors (Lipinski definition) is 7. The molecule has 0 radical (unpaired) electrons. The molecule has 1 aliphatic heterocycles. The molecule has 2 aliphatic rings. The summed E-state index contributed by atoms with van der Waals surface area (Å²) in [5, 5.41) is 13.3. The van der Waals surface area contributed by atoms with Crippen molar-refractivity contribution in [2.45, 2.75) is 24.8 Å². The monoisotopic (exact) mass is 322 g/mol. The van der Waals surface area contributed by atoms with Crippen molar-refractivity contribution < 1.29 is 0 Å². The van der Waals surface area contributed by atoms with E-state index in [1.807, 2.05) is 16.6 Å². The van der Waals surface area contributed by atoms with Crippen molar-refractivity contribution in [2.24, 2.45) is 0 Å². The summed E-state index contributed by atoms with van der Waals surface area (Å²) >= 11 is 0. The number of rotatable bonds is 4. The van der Waals surface area contributed by atoms with Crippen molar-refractivity contribution in [3.63, 3.8) is 0 Å². The van der Waals surface area contributed by atoms with Gasteiger partial charge in [-0.05, 0) is 25.0 Å². The molecule has 8 heteroatoms. The Morgan fingerprint density at radius 1 is 1.12 bits per heavy atom. The van der Waals surface area contributed by atoms with Gasteiger partial charge in [0.25, 0.3) is 0 Å². The first-order chi connectivity index (χ1) is 11.8. The molecule has 8 nitrogen and oxygen atoms in total. The highest BCUT2D eigenvalue weighted by Gasteiger charge is 2.33. The summed E-state index contributed by atoms with van der Waals surface area (Å²) in [4.78, 5) is 12.9. The Bertz CT molecular complexity index is 866. The van der Waals surface area contributed by atoms with Crippen molar-refractivity contribution in [1.82, 2.24) is 29.8 Å². The zero-order valence-electron chi connectivity index (χ0n) is 13.4. The molecule has 0 spiro atoms. The van der Waals surface area contributed by atoms with Gasteiger partial charge < -0.3 is 9.80 Å². The molecule has 122 valence electrons. The van der Waals surface area contributed by atoms with E-state index in [4.69, 9.17) is 5.10 Å². The van der Waals surface area contributed by atoms with E-state index in [-0.39, 0.29) is 0 Å². The number of fused-ring (bicyclic) bond motifs is 1. The Labute approximate surface area is 139 Å². The number of anilines is 2. The lowest BCUT2D eigenvalue weighted by atomic mass is 10.1. The molecule has 0 N–H and O–H groups in total. The first kappa shape index (κ1) is 13.6. The van der Waals surface area contributed by atoms with E-state index in [2.05, 4.69) is 37.0 Å². The van der Waals surface area contributed by atoms with Gasteiger partial charge in [0.1, 0.15) is 11.6 Å². The van der Waals surface area contributed by atoms with Crippen LogP contribution < -0.4 is 9.80 Å². The molecule has 0 amide bonds. The van der Waals surface area contributed by atoms with Crippen LogP contribution >= 0.6 is 0 Å². The highest BCUT2D eigenvalue weighted by atomic mass is 15.4. The summed E-state index contributed by atoms with van der Waals surface area (Å²) < 4.78 is 1.91. The van der Waals surface area contributed by atoms with E-state index in [1.165, 1.54) is 12.8 Å². The quantitative estimate of drug-likeness (QED) is 0.712. The fourth-order valence-electron chi connectivity index (χ4n) is 3.11. The van der Waals surface area contributed by atoms with Gasteiger partial charge in [0.05, 0.1) is 12.2 Å². The Morgan fingerprint density at radius 2 is 2.00 bits per heavy atom. The zero-order chi connectivity index (χ0) is 16.1. The molecule has 0 bridgehead atoms. The third-order valence-corrected chi connectivity index (χ3v) is 4.86. The summed E-state index contributed by atoms with van der Waals surface area (Å²) in [5.74, 6) is 3.42. The van der Waals surface area contributed by atoms with Gasteiger partial charge in [-0.1, -0.05) is 0 Å². The number of nitrogens with zero attached hydrogens (tertiary/aromatic N) is 8. The second-order valence-corrected chi connectivity index (χ2v) is 6.53. The molecule has 3 aromatic heterocycles. The molecule has 2 fully saturated rings. The Hall–Kier alpha value is -2.77. The minimum absolute atomic E-state index is 0.419. The molecule has 3 aromatic rings. The fourth-order valence-corrected chi connectivity index (χ4v) is 3.11. The predicted molar refractivity (Wildman–Crippen MR) is 89.2 cm³/mol. The molecule has 1 saturated carbocycles. The van der Waals surface area contributed by atoms with Crippen molar-refractivity contribution in [3.05, 3.63) is 36.5 Å². The Morgan fingerprint density at radius 3 is 2.75 bits per heavy atom. The molecule has 4 heterocycles. The van der Waals surface area contributed by atoms with Crippen LogP contribution in [0.15, 0.2) is 30.7 Å². The van der Waals surface area contributed by atoms with Gasteiger partial charge in [0, 0.05) is 38.4 Å². The van der Waals surface area contributed by atoms with Crippen LogP contribution in [0.25, 0.3) is 5.65 Å². The maximum atomic E-state index is 4.76. The van der Waals surface area contributed by atoms with Crippen LogP contribution in [0.1, 0.15) is 24.6 Å². The Kier molecular flexibility index (Phi) is 2.91. The number of likely N-dealkylation sites (N-methyl/N-ethyl adjacent to an activating group) is 1. The van der Waals surface area contributed by atoms with Crippen molar-refractivity contribution in [2.75, 3.05) is 29.9 Å². The lowest BCUT2D eigenvalue weighted by Gasteiger charge is -2.44. The highest BCUT2D eigenvalue weighted by molar-refractivity contribution is 5.50. The summed E-state index contributed by atoms with van der Waals surface area (Å²) in [6, 6.07) is 4.45. The zero-order valence-corrected chi connectivity index (χ0v) is 13.4. The minimum Gasteiger partial charge on any atom is -0.352 e. The molecular weight excluding hydrogens is 304 g/mol. The molecule has 0 unspecified atom stereocenters. The van der Waals surface area contributed by atoms with E-state index >= 15 is 0 Å². The van der Waals surface area contributed by atoms with Gasteiger partial charge in [0.15, 0.2) is 11.5 Å². The van der Waals surface area contributed by atoms with Gasteiger partial charge in [-0.3, -0.25) is 4.98 Å². The maximum absolute atomic E-state index is 4.76. The van der Waals surface area contributed by atoms with E-state index in [9.17, 15) is 0 Å². The Balaban J connectivity index is 1.34. The van der Waals surface area contributed by atoms with Crippen molar-refractivity contribution in [3.8, 4) is 0 Å². The predicted octanol–water partition coefficient (Wildman–Crippen LogP) is 1.12. The molecular formula is C16H18N8. The van der Waals surface area contributed by atoms with E-state index in [1.54, 1.807) is 18.6 Å². The van der Waals surface area contributed by atoms with Crippen LogP contribution in [-0.2, 0) is 0 Å². The van der Waals surface area contributed by atoms with Crippen LogP contribution in [0, 0.1) is 0 Å². The average Bonchev–Trinajstić information content (AvgIpc) is 3.34. The molecule has 0 aromatic carbocycles. The highest BCUT2D eigenvalue weighted by Crippen LogP contribution is 2.38. The first-order valence-corrected chi connectivity index (χ1v) is 8.26. The first-order valence-electron chi connectivity index (χ1n) is 8.26. The van der Waals surface area contributed by atoms with Crippen LogP contribution in [-0.4, -0.2) is 56.0 Å². The van der Waals surface area contributed by atoms with E-state index in [0.717, 1.165) is 36.2 Å². The standard InChI is InChI=1S/C16H18N8/c1-22(15-8-17-6-7-18-15)12-9-23(10-12)14-5-4-13-19-20-16(11-2-3-11)24(13)21-14/h4-8,11-12H,2-3,9-10H2,1H3. The van der Waals surface area contributed by atoms with Crippen LogP contribution in [0.3, 0.4) is 0 Å². The van der Waals surface area contributed by atoms with Crippen LogP contribution in [0.2, 0.25) is 0 Å². The van der Waals surface area contributed by atoms with Crippen molar-refractivity contribution >= 4 is 17.3 Å². The van der Waals surface area contributed by atoms with Gasteiger partial charge >= 0.3 is 0 Å². The largest absolute Gasteiger partial charge is 0.352 e. The van der Waals surface area contributed by atoms with E-state index in [0.29, 0.717) is 12.0 Å². The SMILES string of the molecule is CN(c1cnccn1)C1CN(c2ccc3nnc(C4CC4)n3n2)C1. The van der Waals surface area contributed by atoms with Crippen molar-refractivity contribution in [1.29, 1.82) is 0 Å². The molecule has 5 rings (SSSR count). The third-order valence-electron chi connectivity index (χ3n) is 4.86. The molecule has 0 atom stereocenters. The minimum atomic E-state index is 0.419.